The van der Waals surface area contributed by atoms with Crippen LogP contribution in [0.1, 0.15) is 10.4 Å². The van der Waals surface area contributed by atoms with Gasteiger partial charge in [-0.2, -0.15) is 5.10 Å². The first-order chi connectivity index (χ1) is 16.2. The maximum atomic E-state index is 12.5. The van der Waals surface area contributed by atoms with Crippen LogP contribution in [0.15, 0.2) is 91.3 Å². The van der Waals surface area contributed by atoms with Crippen LogP contribution in [-0.4, -0.2) is 31.1 Å². The Morgan fingerprint density at radius 3 is 2.55 bits per heavy atom. The van der Waals surface area contributed by atoms with Crippen molar-refractivity contribution in [1.82, 2.24) is 25.1 Å². The molecule has 3 heterocycles. The first-order valence-corrected chi connectivity index (χ1v) is 10.5. The van der Waals surface area contributed by atoms with E-state index in [1.807, 2.05) is 60.7 Å². The zero-order chi connectivity index (χ0) is 22.2. The number of fused-ring (bicyclic) bond motifs is 2. The molecule has 0 aliphatic heterocycles. The number of imidazole rings is 1. The van der Waals surface area contributed by atoms with Gasteiger partial charge >= 0.3 is 0 Å². The van der Waals surface area contributed by atoms with Gasteiger partial charge in [0.15, 0.2) is 5.82 Å². The molecule has 0 atom stereocenters. The van der Waals surface area contributed by atoms with Crippen LogP contribution in [0.4, 0.5) is 5.69 Å². The Kier molecular flexibility index (Phi) is 4.43. The number of H-pyrrole nitrogens is 2. The number of carbonyl (C=O) groups is 1. The van der Waals surface area contributed by atoms with Crippen LogP contribution in [0.2, 0.25) is 0 Å². The molecular formula is C26H18N6O. The van der Waals surface area contributed by atoms with Crippen LogP contribution in [0, 0.1) is 0 Å². The fourth-order valence-corrected chi connectivity index (χ4v) is 3.90. The number of carbonyl (C=O) groups excluding carboxylic acids is 1. The number of nitrogens with zero attached hydrogens (tertiary/aromatic N) is 3. The molecule has 0 bridgehead atoms. The number of aromatic amines is 2. The summed E-state index contributed by atoms with van der Waals surface area (Å²) in [6.45, 7) is 0. The molecule has 3 aromatic carbocycles. The Morgan fingerprint density at radius 1 is 0.818 bits per heavy atom. The van der Waals surface area contributed by atoms with Gasteiger partial charge in [-0.15, -0.1) is 0 Å². The fourth-order valence-electron chi connectivity index (χ4n) is 3.90. The lowest BCUT2D eigenvalue weighted by Gasteiger charge is -2.08. The topological polar surface area (TPSA) is 99.3 Å². The van der Waals surface area contributed by atoms with Crippen molar-refractivity contribution in [3.63, 3.8) is 0 Å². The minimum absolute atomic E-state index is 0.174. The summed E-state index contributed by atoms with van der Waals surface area (Å²) in [6.07, 6.45) is 3.42. The summed E-state index contributed by atoms with van der Waals surface area (Å²) in [4.78, 5) is 24.9. The molecule has 158 valence electrons. The first-order valence-electron chi connectivity index (χ1n) is 10.5. The summed E-state index contributed by atoms with van der Waals surface area (Å²) in [7, 11) is 0. The van der Waals surface area contributed by atoms with E-state index < -0.39 is 0 Å². The maximum absolute atomic E-state index is 12.5. The zero-order valence-electron chi connectivity index (χ0n) is 17.4. The van der Waals surface area contributed by atoms with Gasteiger partial charge in [0, 0.05) is 22.7 Å². The Morgan fingerprint density at radius 2 is 1.67 bits per heavy atom. The second-order valence-corrected chi connectivity index (χ2v) is 7.72. The number of aromatic nitrogens is 5. The lowest BCUT2D eigenvalue weighted by molar-refractivity contribution is 0.102. The highest BCUT2D eigenvalue weighted by molar-refractivity contribution is 6.04. The van der Waals surface area contributed by atoms with E-state index in [-0.39, 0.29) is 5.91 Å². The number of anilines is 1. The number of hydrogen-bond donors (Lipinski definition) is 3. The highest BCUT2D eigenvalue weighted by Gasteiger charge is 2.14. The van der Waals surface area contributed by atoms with E-state index >= 15 is 0 Å². The molecule has 33 heavy (non-hydrogen) atoms. The van der Waals surface area contributed by atoms with Crippen LogP contribution < -0.4 is 5.32 Å². The van der Waals surface area contributed by atoms with Gasteiger partial charge in [-0.3, -0.25) is 14.9 Å². The molecule has 6 rings (SSSR count). The number of hydrogen-bond acceptors (Lipinski definition) is 4. The molecule has 0 unspecified atom stereocenters. The third kappa shape index (κ3) is 3.51. The SMILES string of the molecule is O=C(Nc1cncc(-c2ccc3[nH]nc(-c4nc5ccccc5[nH]4)c3c2)c1)c1ccccc1. The fraction of sp³-hybridized carbons (Fsp3) is 0. The van der Waals surface area contributed by atoms with Crippen LogP contribution in [0.5, 0.6) is 0 Å². The van der Waals surface area contributed by atoms with Crippen LogP contribution in [0.25, 0.3) is 44.6 Å². The van der Waals surface area contributed by atoms with Crippen molar-refractivity contribution in [1.29, 1.82) is 0 Å². The number of amides is 1. The molecule has 1 amide bonds. The Balaban J connectivity index is 1.36. The van der Waals surface area contributed by atoms with Gasteiger partial charge in [0.25, 0.3) is 5.91 Å². The first kappa shape index (κ1) is 18.9. The van der Waals surface area contributed by atoms with E-state index in [4.69, 9.17) is 0 Å². The monoisotopic (exact) mass is 430 g/mol. The average Bonchev–Trinajstić information content (AvgIpc) is 3.48. The Bertz CT molecular complexity index is 1580. The van der Waals surface area contributed by atoms with Crippen molar-refractivity contribution in [3.8, 4) is 22.6 Å². The molecule has 7 nitrogen and oxygen atoms in total. The molecule has 0 aliphatic rings. The molecule has 0 spiro atoms. The van der Waals surface area contributed by atoms with Gasteiger partial charge in [0.2, 0.25) is 0 Å². The van der Waals surface area contributed by atoms with Crippen LogP contribution >= 0.6 is 0 Å². The van der Waals surface area contributed by atoms with Crippen molar-refractivity contribution in [3.05, 3.63) is 96.8 Å². The van der Waals surface area contributed by atoms with Gasteiger partial charge in [-0.25, -0.2) is 4.98 Å². The van der Waals surface area contributed by atoms with E-state index in [1.165, 1.54) is 0 Å². The van der Waals surface area contributed by atoms with Gasteiger partial charge < -0.3 is 10.3 Å². The molecule has 7 heteroatoms. The number of benzene rings is 3. The normalized spacial score (nSPS) is 11.2. The summed E-state index contributed by atoms with van der Waals surface area (Å²) < 4.78 is 0. The molecule has 0 saturated carbocycles. The minimum atomic E-state index is -0.174. The lowest BCUT2D eigenvalue weighted by atomic mass is 10.0. The molecule has 3 aromatic heterocycles. The lowest BCUT2D eigenvalue weighted by Crippen LogP contribution is -2.11. The summed E-state index contributed by atoms with van der Waals surface area (Å²) in [5.74, 6) is 0.536. The molecule has 0 saturated heterocycles. The zero-order valence-corrected chi connectivity index (χ0v) is 17.4. The molecule has 0 aliphatic carbocycles. The number of para-hydroxylation sites is 2. The molecule has 0 radical (unpaired) electrons. The van der Waals surface area contributed by atoms with E-state index in [2.05, 4.69) is 36.5 Å². The summed E-state index contributed by atoms with van der Waals surface area (Å²) in [5.41, 5.74) is 6.60. The smallest absolute Gasteiger partial charge is 0.255 e. The van der Waals surface area contributed by atoms with E-state index in [0.29, 0.717) is 17.1 Å². The number of pyridine rings is 1. The quantitative estimate of drug-likeness (QED) is 0.348. The summed E-state index contributed by atoms with van der Waals surface area (Å²) in [6, 6.07) is 25.0. The van der Waals surface area contributed by atoms with Crippen molar-refractivity contribution in [2.75, 3.05) is 5.32 Å². The standard InChI is InChI=1S/C26H18N6O/c33-26(16-6-2-1-3-7-16)28-19-12-18(14-27-15-19)17-10-11-21-20(13-17)24(32-31-21)25-29-22-8-4-5-9-23(22)30-25/h1-15H,(H,28,33)(H,29,30)(H,31,32). The van der Waals surface area contributed by atoms with Crippen molar-refractivity contribution in [2.24, 2.45) is 0 Å². The molecule has 0 fully saturated rings. The largest absolute Gasteiger partial charge is 0.337 e. The van der Waals surface area contributed by atoms with Gasteiger partial charge in [-0.05, 0) is 48.0 Å². The minimum Gasteiger partial charge on any atom is -0.337 e. The van der Waals surface area contributed by atoms with E-state index in [9.17, 15) is 4.79 Å². The predicted octanol–water partition coefficient (Wildman–Crippen LogP) is 5.42. The molecule has 3 N–H and O–H groups in total. The highest BCUT2D eigenvalue weighted by atomic mass is 16.1. The van der Waals surface area contributed by atoms with Gasteiger partial charge in [-0.1, -0.05) is 36.4 Å². The second-order valence-electron chi connectivity index (χ2n) is 7.72. The van der Waals surface area contributed by atoms with E-state index in [1.54, 1.807) is 24.5 Å². The maximum Gasteiger partial charge on any atom is 0.255 e. The summed E-state index contributed by atoms with van der Waals surface area (Å²) >= 11 is 0. The summed E-state index contributed by atoms with van der Waals surface area (Å²) in [5, 5.41) is 11.4. The number of rotatable bonds is 4. The molecule has 6 aromatic rings. The third-order valence-electron chi connectivity index (χ3n) is 5.54. The van der Waals surface area contributed by atoms with Crippen molar-refractivity contribution < 1.29 is 4.79 Å². The second kappa shape index (κ2) is 7.72. The van der Waals surface area contributed by atoms with Crippen molar-refractivity contribution >= 4 is 33.5 Å². The van der Waals surface area contributed by atoms with Crippen molar-refractivity contribution in [2.45, 2.75) is 0 Å². The number of nitrogens with one attached hydrogen (secondary N) is 3. The van der Waals surface area contributed by atoms with Gasteiger partial charge in [0.1, 0.15) is 5.69 Å². The molecular weight excluding hydrogens is 412 g/mol. The Labute approximate surface area is 188 Å². The van der Waals surface area contributed by atoms with Gasteiger partial charge in [0.05, 0.1) is 28.4 Å². The van der Waals surface area contributed by atoms with Crippen LogP contribution in [0.3, 0.4) is 0 Å². The highest BCUT2D eigenvalue weighted by Crippen LogP contribution is 2.31. The average molecular weight is 430 g/mol. The van der Waals surface area contributed by atoms with Crippen LogP contribution in [-0.2, 0) is 0 Å². The Hall–Kier alpha value is -4.78. The predicted molar refractivity (Wildman–Crippen MR) is 129 cm³/mol. The van der Waals surface area contributed by atoms with E-state index in [0.717, 1.165) is 38.8 Å². The third-order valence-corrected chi connectivity index (χ3v) is 5.54.